The highest BCUT2D eigenvalue weighted by atomic mass is 32.1. The zero-order valence-corrected chi connectivity index (χ0v) is 12.6. The average molecular weight is 301 g/mol. The molecule has 1 aliphatic rings. The Labute approximate surface area is 123 Å². The van der Waals surface area contributed by atoms with Gasteiger partial charge in [-0.15, -0.1) is 4.37 Å². The molecule has 0 saturated heterocycles. The van der Waals surface area contributed by atoms with Crippen molar-refractivity contribution < 1.29 is 14.9 Å². The molecule has 0 aromatic carbocycles. The standard InChI is InChI=1S/C13H23N3O3S/c1-10-3-2-4-13(5-10,9-17)14-6-11(18)8-19-12-7-15-20-16-12/h7,10-11,14,17-18H,2-6,8-9H2,1H3. The number of hydrogen-bond donors (Lipinski definition) is 3. The van der Waals surface area contributed by atoms with Crippen molar-refractivity contribution in [3.63, 3.8) is 0 Å². The summed E-state index contributed by atoms with van der Waals surface area (Å²) in [5.41, 5.74) is -0.249. The van der Waals surface area contributed by atoms with Gasteiger partial charge in [0.2, 0.25) is 5.88 Å². The summed E-state index contributed by atoms with van der Waals surface area (Å²) in [4.78, 5) is 0. The molecule has 3 N–H and O–H groups in total. The Morgan fingerprint density at radius 1 is 1.65 bits per heavy atom. The van der Waals surface area contributed by atoms with Gasteiger partial charge in [0.1, 0.15) is 18.9 Å². The Balaban J connectivity index is 1.74. The summed E-state index contributed by atoms with van der Waals surface area (Å²) in [5.74, 6) is 1.05. The number of nitrogens with one attached hydrogen (secondary N) is 1. The van der Waals surface area contributed by atoms with Crippen LogP contribution in [0.3, 0.4) is 0 Å². The van der Waals surface area contributed by atoms with Crippen LogP contribution in [-0.4, -0.2) is 50.4 Å². The van der Waals surface area contributed by atoms with Crippen LogP contribution in [-0.2, 0) is 0 Å². The van der Waals surface area contributed by atoms with E-state index >= 15 is 0 Å². The van der Waals surface area contributed by atoms with Gasteiger partial charge in [0.05, 0.1) is 18.3 Å². The van der Waals surface area contributed by atoms with Crippen molar-refractivity contribution in [3.8, 4) is 5.88 Å². The third-order valence-electron chi connectivity index (χ3n) is 3.87. The summed E-state index contributed by atoms with van der Waals surface area (Å²) in [6.07, 6.45) is 5.14. The lowest BCUT2D eigenvalue weighted by Crippen LogP contribution is -2.54. The Morgan fingerprint density at radius 3 is 3.15 bits per heavy atom. The van der Waals surface area contributed by atoms with Gasteiger partial charge in [0, 0.05) is 12.1 Å². The number of hydrogen-bond acceptors (Lipinski definition) is 7. The molecule has 0 aliphatic heterocycles. The van der Waals surface area contributed by atoms with Gasteiger partial charge >= 0.3 is 0 Å². The third-order valence-corrected chi connectivity index (χ3v) is 4.33. The van der Waals surface area contributed by atoms with Gasteiger partial charge in [0.25, 0.3) is 0 Å². The molecule has 1 aromatic rings. The molecule has 3 atom stereocenters. The lowest BCUT2D eigenvalue weighted by atomic mass is 9.77. The molecule has 1 aliphatic carbocycles. The van der Waals surface area contributed by atoms with E-state index in [0.717, 1.165) is 31.0 Å². The molecular weight excluding hydrogens is 278 g/mol. The van der Waals surface area contributed by atoms with Gasteiger partial charge in [-0.2, -0.15) is 4.37 Å². The molecule has 114 valence electrons. The summed E-state index contributed by atoms with van der Waals surface area (Å²) < 4.78 is 13.1. The van der Waals surface area contributed by atoms with E-state index < -0.39 is 6.10 Å². The SMILES string of the molecule is CC1CCCC(CO)(NCC(O)COc2cnsn2)C1. The maximum absolute atomic E-state index is 9.94. The van der Waals surface area contributed by atoms with E-state index in [-0.39, 0.29) is 18.8 Å². The van der Waals surface area contributed by atoms with Crippen molar-refractivity contribution >= 4 is 11.7 Å². The minimum Gasteiger partial charge on any atom is -0.473 e. The van der Waals surface area contributed by atoms with Gasteiger partial charge in [-0.05, 0) is 18.8 Å². The molecule has 7 heteroatoms. The summed E-state index contributed by atoms with van der Waals surface area (Å²) in [6, 6.07) is 0. The molecule has 0 spiro atoms. The van der Waals surface area contributed by atoms with Gasteiger partial charge in [-0.1, -0.05) is 19.8 Å². The highest BCUT2D eigenvalue weighted by molar-refractivity contribution is 6.99. The van der Waals surface area contributed by atoms with E-state index in [9.17, 15) is 10.2 Å². The van der Waals surface area contributed by atoms with E-state index in [0.29, 0.717) is 18.3 Å². The smallest absolute Gasteiger partial charge is 0.245 e. The fourth-order valence-electron chi connectivity index (χ4n) is 2.81. The zero-order valence-electron chi connectivity index (χ0n) is 11.8. The second-order valence-corrected chi connectivity index (χ2v) is 6.29. The topological polar surface area (TPSA) is 87.5 Å². The first kappa shape index (κ1) is 15.6. The quantitative estimate of drug-likeness (QED) is 0.691. The molecule has 0 radical (unpaired) electrons. The molecule has 0 bridgehead atoms. The Morgan fingerprint density at radius 2 is 2.50 bits per heavy atom. The van der Waals surface area contributed by atoms with Crippen molar-refractivity contribution in [1.29, 1.82) is 0 Å². The Bertz CT molecular complexity index is 390. The van der Waals surface area contributed by atoms with Crippen LogP contribution >= 0.6 is 11.7 Å². The minimum atomic E-state index is -0.627. The number of nitrogens with zero attached hydrogens (tertiary/aromatic N) is 2. The highest BCUT2D eigenvalue weighted by Crippen LogP contribution is 2.31. The van der Waals surface area contributed by atoms with Gasteiger partial charge in [-0.3, -0.25) is 0 Å². The van der Waals surface area contributed by atoms with Gasteiger partial charge in [0.15, 0.2) is 0 Å². The predicted octanol–water partition coefficient (Wildman–Crippen LogP) is 0.809. The Kier molecular flexibility index (Phi) is 5.71. The first-order valence-corrected chi connectivity index (χ1v) is 7.81. The number of aromatic nitrogens is 2. The summed E-state index contributed by atoms with van der Waals surface area (Å²) in [6.45, 7) is 2.90. The second kappa shape index (κ2) is 7.31. The molecule has 1 aromatic heterocycles. The van der Waals surface area contributed by atoms with E-state index in [4.69, 9.17) is 4.74 Å². The molecule has 1 saturated carbocycles. The average Bonchev–Trinajstić information content (AvgIpc) is 2.96. The molecule has 6 nitrogen and oxygen atoms in total. The first-order chi connectivity index (χ1) is 9.63. The van der Waals surface area contributed by atoms with Crippen LogP contribution < -0.4 is 10.1 Å². The summed E-state index contributed by atoms with van der Waals surface area (Å²) in [7, 11) is 0. The number of rotatable bonds is 7. The highest BCUT2D eigenvalue weighted by Gasteiger charge is 2.34. The third kappa shape index (κ3) is 4.37. The molecule has 20 heavy (non-hydrogen) atoms. The van der Waals surface area contributed by atoms with Crippen molar-refractivity contribution in [2.75, 3.05) is 19.8 Å². The van der Waals surface area contributed by atoms with Crippen molar-refractivity contribution in [2.24, 2.45) is 5.92 Å². The summed E-state index contributed by atoms with van der Waals surface area (Å²) in [5, 5.41) is 22.9. The van der Waals surface area contributed by atoms with E-state index in [1.807, 2.05) is 0 Å². The van der Waals surface area contributed by atoms with Crippen LogP contribution in [0.5, 0.6) is 5.88 Å². The van der Waals surface area contributed by atoms with E-state index in [1.54, 1.807) is 0 Å². The van der Waals surface area contributed by atoms with Crippen LogP contribution in [0.15, 0.2) is 6.20 Å². The molecule has 2 rings (SSSR count). The molecular formula is C13H23N3O3S. The Hall–Kier alpha value is -0.760. The number of aliphatic hydroxyl groups excluding tert-OH is 2. The second-order valence-electron chi connectivity index (χ2n) is 5.73. The maximum Gasteiger partial charge on any atom is 0.245 e. The fraction of sp³-hybridized carbons (Fsp3) is 0.846. The summed E-state index contributed by atoms with van der Waals surface area (Å²) >= 11 is 1.08. The minimum absolute atomic E-state index is 0.112. The first-order valence-electron chi connectivity index (χ1n) is 7.08. The lowest BCUT2D eigenvalue weighted by molar-refractivity contribution is 0.0611. The molecule has 0 amide bonds. The van der Waals surface area contributed by atoms with Gasteiger partial charge in [-0.25, -0.2) is 0 Å². The number of aliphatic hydroxyl groups is 2. The molecule has 1 heterocycles. The monoisotopic (exact) mass is 301 g/mol. The largest absolute Gasteiger partial charge is 0.473 e. The number of β-amino-alcohol motifs (C(OH)–C–C–N with tert-alkyl or cyclic N) is 1. The molecule has 3 unspecified atom stereocenters. The van der Waals surface area contributed by atoms with Crippen LogP contribution in [0.25, 0.3) is 0 Å². The maximum atomic E-state index is 9.94. The normalized spacial score (nSPS) is 28.2. The van der Waals surface area contributed by atoms with Crippen molar-refractivity contribution in [3.05, 3.63) is 6.20 Å². The van der Waals surface area contributed by atoms with E-state index in [2.05, 4.69) is 21.0 Å². The zero-order chi connectivity index (χ0) is 14.4. The van der Waals surface area contributed by atoms with Crippen LogP contribution in [0, 0.1) is 5.92 Å². The van der Waals surface area contributed by atoms with E-state index in [1.165, 1.54) is 12.6 Å². The van der Waals surface area contributed by atoms with Crippen LogP contribution in [0.2, 0.25) is 0 Å². The van der Waals surface area contributed by atoms with Crippen molar-refractivity contribution in [2.45, 2.75) is 44.2 Å². The van der Waals surface area contributed by atoms with Crippen LogP contribution in [0.4, 0.5) is 0 Å². The fourth-order valence-corrected chi connectivity index (χ4v) is 3.18. The number of ether oxygens (including phenoxy) is 1. The molecule has 1 fully saturated rings. The van der Waals surface area contributed by atoms with Gasteiger partial charge < -0.3 is 20.3 Å². The lowest BCUT2D eigenvalue weighted by Gasteiger charge is -2.40. The van der Waals surface area contributed by atoms with Crippen molar-refractivity contribution in [1.82, 2.24) is 14.1 Å². The predicted molar refractivity (Wildman–Crippen MR) is 76.9 cm³/mol. The van der Waals surface area contributed by atoms with Crippen LogP contribution in [0.1, 0.15) is 32.6 Å².